The minimum absolute atomic E-state index is 0.0416. The van der Waals surface area contributed by atoms with Crippen LogP contribution in [0.15, 0.2) is 0 Å². The number of hydrogen-bond donors (Lipinski definition) is 2. The number of nitrogens with zero attached hydrogens (tertiary/aromatic N) is 1. The Hall–Kier alpha value is -1.10. The molecule has 5 nitrogen and oxygen atoms in total. The molecule has 1 unspecified atom stereocenters. The van der Waals surface area contributed by atoms with Gasteiger partial charge in [-0.25, -0.2) is 0 Å². The van der Waals surface area contributed by atoms with E-state index in [4.69, 9.17) is 10.2 Å². The summed E-state index contributed by atoms with van der Waals surface area (Å²) in [7, 11) is 1.69. The number of unbranched alkanes of at least 4 members (excludes halogenated alkanes) is 1. The fourth-order valence-electron chi connectivity index (χ4n) is 1.53. The van der Waals surface area contributed by atoms with E-state index in [1.54, 1.807) is 11.9 Å². The first-order chi connectivity index (χ1) is 7.47. The molecule has 0 aliphatic heterocycles. The van der Waals surface area contributed by atoms with Gasteiger partial charge in [-0.05, 0) is 26.4 Å². The maximum Gasteiger partial charge on any atom is 0.317 e. The van der Waals surface area contributed by atoms with Gasteiger partial charge >= 0.3 is 11.9 Å². The van der Waals surface area contributed by atoms with Crippen LogP contribution in [0.3, 0.4) is 0 Å². The molecule has 1 atom stereocenters. The first-order valence-electron chi connectivity index (χ1n) is 5.60. The molecule has 0 rings (SSSR count). The average molecular weight is 231 g/mol. The maximum atomic E-state index is 10.9. The smallest absolute Gasteiger partial charge is 0.317 e. The molecular formula is C11H21NO4. The number of carbonyl (C=O) groups is 2. The molecule has 0 aromatic carbocycles. The van der Waals surface area contributed by atoms with Gasteiger partial charge in [-0.2, -0.15) is 0 Å². The van der Waals surface area contributed by atoms with Gasteiger partial charge < -0.3 is 10.2 Å². The monoisotopic (exact) mass is 231 g/mol. The van der Waals surface area contributed by atoms with Crippen LogP contribution in [0.2, 0.25) is 0 Å². The van der Waals surface area contributed by atoms with Gasteiger partial charge in [0.25, 0.3) is 0 Å². The third kappa shape index (κ3) is 7.23. The minimum atomic E-state index is -0.886. The molecule has 0 bridgehead atoms. The van der Waals surface area contributed by atoms with Crippen LogP contribution in [0.4, 0.5) is 0 Å². The lowest BCUT2D eigenvalue weighted by molar-refractivity contribution is -0.142. The zero-order chi connectivity index (χ0) is 12.6. The van der Waals surface area contributed by atoms with Crippen LogP contribution in [-0.4, -0.2) is 47.2 Å². The van der Waals surface area contributed by atoms with Gasteiger partial charge in [0, 0.05) is 0 Å². The van der Waals surface area contributed by atoms with Gasteiger partial charge in [0.2, 0.25) is 0 Å². The molecule has 0 aliphatic rings. The van der Waals surface area contributed by atoms with E-state index in [-0.39, 0.29) is 12.5 Å². The highest BCUT2D eigenvalue weighted by molar-refractivity contribution is 5.70. The molecule has 0 spiro atoms. The Labute approximate surface area is 96.1 Å². The fraction of sp³-hybridized carbons (Fsp3) is 0.818. The molecule has 0 amide bonds. The Kier molecular flexibility index (Phi) is 7.54. The van der Waals surface area contributed by atoms with Crippen molar-refractivity contribution in [2.45, 2.75) is 32.6 Å². The van der Waals surface area contributed by atoms with Crippen molar-refractivity contribution in [3.05, 3.63) is 0 Å². The normalized spacial score (nSPS) is 12.7. The summed E-state index contributed by atoms with van der Waals surface area (Å²) in [5, 5.41) is 17.5. The van der Waals surface area contributed by atoms with Crippen molar-refractivity contribution < 1.29 is 19.8 Å². The lowest BCUT2D eigenvalue weighted by atomic mass is 9.98. The maximum absolute atomic E-state index is 10.9. The molecule has 0 aromatic rings. The third-order valence-electron chi connectivity index (χ3n) is 2.52. The first kappa shape index (κ1) is 14.9. The summed E-state index contributed by atoms with van der Waals surface area (Å²) >= 11 is 0. The lowest BCUT2D eigenvalue weighted by Gasteiger charge is -2.17. The summed E-state index contributed by atoms with van der Waals surface area (Å²) in [5.41, 5.74) is 0. The zero-order valence-electron chi connectivity index (χ0n) is 9.98. The van der Waals surface area contributed by atoms with Crippen molar-refractivity contribution in [2.75, 3.05) is 20.1 Å². The van der Waals surface area contributed by atoms with Gasteiger partial charge in [0.1, 0.15) is 0 Å². The summed E-state index contributed by atoms with van der Waals surface area (Å²) in [6.45, 7) is 2.49. The summed E-state index contributed by atoms with van der Waals surface area (Å²) in [6.07, 6.45) is 3.07. The average Bonchev–Trinajstić information content (AvgIpc) is 2.16. The molecule has 2 N–H and O–H groups in total. The Morgan fingerprint density at radius 3 is 2.31 bits per heavy atom. The van der Waals surface area contributed by atoms with Crippen LogP contribution < -0.4 is 0 Å². The third-order valence-corrected chi connectivity index (χ3v) is 2.52. The van der Waals surface area contributed by atoms with Crippen molar-refractivity contribution in [2.24, 2.45) is 5.92 Å². The number of aliphatic carboxylic acids is 2. The van der Waals surface area contributed by atoms with Crippen LogP contribution in [0.1, 0.15) is 32.6 Å². The molecule has 0 fully saturated rings. The largest absolute Gasteiger partial charge is 0.481 e. The standard InChI is InChI=1S/C11H21NO4/c1-3-4-5-9(11(15)16)6-7-12(2)8-10(13)14/h9H,3-8H2,1-2H3,(H,13,14)(H,15,16). The lowest BCUT2D eigenvalue weighted by Crippen LogP contribution is -2.29. The van der Waals surface area contributed by atoms with Crippen molar-refractivity contribution in [1.82, 2.24) is 4.90 Å². The molecule has 0 radical (unpaired) electrons. The highest BCUT2D eigenvalue weighted by Gasteiger charge is 2.17. The second-order valence-corrected chi connectivity index (χ2v) is 4.10. The molecule has 16 heavy (non-hydrogen) atoms. The van der Waals surface area contributed by atoms with Gasteiger partial charge in [-0.1, -0.05) is 19.8 Å². The summed E-state index contributed by atoms with van der Waals surface area (Å²) in [5.74, 6) is -2.02. The van der Waals surface area contributed by atoms with E-state index in [0.717, 1.165) is 12.8 Å². The highest BCUT2D eigenvalue weighted by Crippen LogP contribution is 2.13. The Morgan fingerprint density at radius 2 is 1.88 bits per heavy atom. The van der Waals surface area contributed by atoms with Gasteiger partial charge in [-0.15, -0.1) is 0 Å². The van der Waals surface area contributed by atoms with E-state index in [0.29, 0.717) is 19.4 Å². The Bertz CT molecular complexity index is 230. The Balaban J connectivity index is 3.91. The van der Waals surface area contributed by atoms with Crippen LogP contribution in [0, 0.1) is 5.92 Å². The van der Waals surface area contributed by atoms with Crippen LogP contribution in [0.25, 0.3) is 0 Å². The van der Waals surface area contributed by atoms with Crippen molar-refractivity contribution in [1.29, 1.82) is 0 Å². The fourth-order valence-corrected chi connectivity index (χ4v) is 1.53. The van der Waals surface area contributed by atoms with E-state index in [1.165, 1.54) is 0 Å². The van der Waals surface area contributed by atoms with Crippen molar-refractivity contribution >= 4 is 11.9 Å². The number of likely N-dealkylation sites (N-methyl/N-ethyl adjacent to an activating group) is 1. The van der Waals surface area contributed by atoms with E-state index < -0.39 is 11.9 Å². The molecular weight excluding hydrogens is 210 g/mol. The van der Waals surface area contributed by atoms with Gasteiger partial charge in [0.05, 0.1) is 12.5 Å². The summed E-state index contributed by atoms with van der Waals surface area (Å²) in [4.78, 5) is 22.9. The second-order valence-electron chi connectivity index (χ2n) is 4.10. The van der Waals surface area contributed by atoms with Crippen LogP contribution >= 0.6 is 0 Å². The number of carboxylic acid groups (broad SMARTS) is 2. The molecule has 0 aromatic heterocycles. The van der Waals surface area contributed by atoms with Gasteiger partial charge in [-0.3, -0.25) is 14.5 Å². The van der Waals surface area contributed by atoms with E-state index in [2.05, 4.69) is 0 Å². The van der Waals surface area contributed by atoms with E-state index >= 15 is 0 Å². The van der Waals surface area contributed by atoms with Crippen LogP contribution in [0.5, 0.6) is 0 Å². The van der Waals surface area contributed by atoms with E-state index in [1.807, 2.05) is 6.92 Å². The Morgan fingerprint density at radius 1 is 1.25 bits per heavy atom. The van der Waals surface area contributed by atoms with Crippen LogP contribution in [-0.2, 0) is 9.59 Å². The molecule has 0 saturated carbocycles. The van der Waals surface area contributed by atoms with Gasteiger partial charge in [0.15, 0.2) is 0 Å². The van der Waals surface area contributed by atoms with Crippen molar-refractivity contribution in [3.63, 3.8) is 0 Å². The zero-order valence-corrected chi connectivity index (χ0v) is 9.98. The van der Waals surface area contributed by atoms with E-state index in [9.17, 15) is 9.59 Å². The second kappa shape index (κ2) is 8.10. The molecule has 94 valence electrons. The first-order valence-corrected chi connectivity index (χ1v) is 5.60. The number of carboxylic acids is 2. The predicted molar refractivity (Wildman–Crippen MR) is 60.4 cm³/mol. The predicted octanol–water partition coefficient (Wildman–Crippen LogP) is 1.28. The SMILES string of the molecule is CCCCC(CCN(C)CC(=O)O)C(=O)O. The number of rotatable bonds is 9. The molecule has 0 aliphatic carbocycles. The quantitative estimate of drug-likeness (QED) is 0.625. The van der Waals surface area contributed by atoms with Crippen molar-refractivity contribution in [3.8, 4) is 0 Å². The summed E-state index contributed by atoms with van der Waals surface area (Å²) in [6, 6.07) is 0. The topological polar surface area (TPSA) is 77.8 Å². The highest BCUT2D eigenvalue weighted by atomic mass is 16.4. The molecule has 5 heteroatoms. The number of hydrogen-bond acceptors (Lipinski definition) is 3. The summed E-state index contributed by atoms with van der Waals surface area (Å²) < 4.78 is 0. The molecule has 0 heterocycles. The molecule has 0 saturated heterocycles. The minimum Gasteiger partial charge on any atom is -0.481 e.